The van der Waals surface area contributed by atoms with Gasteiger partial charge in [-0.3, -0.25) is 0 Å². The van der Waals surface area contributed by atoms with Crippen LogP contribution in [0.25, 0.3) is 0 Å². The summed E-state index contributed by atoms with van der Waals surface area (Å²) in [6.07, 6.45) is 8.19. The zero-order chi connectivity index (χ0) is 11.4. The fraction of sp³-hybridized carbons (Fsp3) is 0.769. The second-order valence-electron chi connectivity index (χ2n) is 5.36. The Kier molecular flexibility index (Phi) is 3.99. The van der Waals surface area contributed by atoms with Crippen molar-refractivity contribution in [1.29, 1.82) is 0 Å². The number of imidazole rings is 1. The predicted molar refractivity (Wildman–Crippen MR) is 66.1 cm³/mol. The fourth-order valence-electron chi connectivity index (χ4n) is 2.10. The third-order valence-electron chi connectivity index (χ3n) is 3.34. The van der Waals surface area contributed by atoms with Crippen molar-refractivity contribution in [3.63, 3.8) is 0 Å². The van der Waals surface area contributed by atoms with Crippen LogP contribution in [0.4, 0.5) is 0 Å². The Morgan fingerprint density at radius 2 is 2.31 bits per heavy atom. The lowest BCUT2D eigenvalue weighted by molar-refractivity contribution is 0.273. The number of aromatic nitrogens is 2. The van der Waals surface area contributed by atoms with Crippen LogP contribution in [-0.4, -0.2) is 16.1 Å². The zero-order valence-electron chi connectivity index (χ0n) is 10.4. The summed E-state index contributed by atoms with van der Waals surface area (Å²) in [5.41, 5.74) is 1.33. The molecule has 0 radical (unpaired) electrons. The molecule has 0 aromatic carbocycles. The summed E-state index contributed by atoms with van der Waals surface area (Å²) < 4.78 is 2.32. The smallest absolute Gasteiger partial charge is 0.0948 e. The summed E-state index contributed by atoms with van der Waals surface area (Å²) in [6, 6.07) is 0. The molecule has 3 heteroatoms. The minimum atomic E-state index is 0.711. The van der Waals surface area contributed by atoms with Gasteiger partial charge in [0.1, 0.15) is 0 Å². The largest absolute Gasteiger partial charge is 0.333 e. The highest BCUT2D eigenvalue weighted by Crippen LogP contribution is 2.28. The van der Waals surface area contributed by atoms with Gasteiger partial charge >= 0.3 is 0 Å². The third kappa shape index (κ3) is 3.08. The molecule has 3 nitrogen and oxygen atoms in total. The molecule has 90 valence electrons. The van der Waals surface area contributed by atoms with Gasteiger partial charge in [-0.2, -0.15) is 0 Å². The Balaban J connectivity index is 1.81. The van der Waals surface area contributed by atoms with Gasteiger partial charge in [-0.05, 0) is 31.2 Å². The monoisotopic (exact) mass is 221 g/mol. The van der Waals surface area contributed by atoms with E-state index >= 15 is 0 Å². The lowest BCUT2D eigenvalue weighted by Crippen LogP contribution is -2.23. The van der Waals surface area contributed by atoms with Gasteiger partial charge in [-0.1, -0.05) is 20.3 Å². The molecule has 0 atom stereocenters. The molecule has 1 aromatic heterocycles. The molecule has 0 amide bonds. The quantitative estimate of drug-likeness (QED) is 0.799. The molecule has 2 rings (SSSR count). The van der Waals surface area contributed by atoms with E-state index in [4.69, 9.17) is 0 Å². The number of nitrogens with zero attached hydrogens (tertiary/aromatic N) is 2. The van der Waals surface area contributed by atoms with Gasteiger partial charge in [0.25, 0.3) is 0 Å². The van der Waals surface area contributed by atoms with Gasteiger partial charge < -0.3 is 9.88 Å². The van der Waals surface area contributed by atoms with Crippen LogP contribution in [0, 0.1) is 11.8 Å². The molecule has 0 bridgehead atoms. The van der Waals surface area contributed by atoms with E-state index in [0.29, 0.717) is 5.92 Å². The lowest BCUT2D eigenvalue weighted by atomic mass is 9.85. The van der Waals surface area contributed by atoms with Crippen LogP contribution in [0.1, 0.15) is 38.8 Å². The summed E-state index contributed by atoms with van der Waals surface area (Å²) in [5.74, 6) is 1.61. The van der Waals surface area contributed by atoms with Crippen LogP contribution in [0.15, 0.2) is 12.5 Å². The van der Waals surface area contributed by atoms with E-state index < -0.39 is 0 Å². The van der Waals surface area contributed by atoms with Gasteiger partial charge in [0.15, 0.2) is 0 Å². The molecule has 1 aliphatic rings. The van der Waals surface area contributed by atoms with Crippen LogP contribution >= 0.6 is 0 Å². The Morgan fingerprint density at radius 3 is 2.94 bits per heavy atom. The zero-order valence-corrected chi connectivity index (χ0v) is 10.4. The van der Waals surface area contributed by atoms with E-state index in [0.717, 1.165) is 19.0 Å². The van der Waals surface area contributed by atoms with E-state index in [2.05, 4.69) is 28.7 Å². The van der Waals surface area contributed by atoms with Gasteiger partial charge in [0.2, 0.25) is 0 Å². The first-order chi connectivity index (χ1) is 7.75. The minimum absolute atomic E-state index is 0.711. The van der Waals surface area contributed by atoms with Crippen molar-refractivity contribution >= 4 is 0 Å². The fourth-order valence-corrected chi connectivity index (χ4v) is 2.10. The van der Waals surface area contributed by atoms with Crippen LogP contribution < -0.4 is 5.32 Å². The van der Waals surface area contributed by atoms with E-state index in [9.17, 15) is 0 Å². The first-order valence-electron chi connectivity index (χ1n) is 6.45. The van der Waals surface area contributed by atoms with Gasteiger partial charge in [0, 0.05) is 19.3 Å². The molecular formula is C13H23N3. The molecule has 1 heterocycles. The molecular weight excluding hydrogens is 198 g/mol. The van der Waals surface area contributed by atoms with Gasteiger partial charge in [-0.15, -0.1) is 0 Å². The number of hydrogen-bond acceptors (Lipinski definition) is 2. The van der Waals surface area contributed by atoms with E-state index in [1.54, 1.807) is 0 Å². The number of rotatable bonds is 6. The summed E-state index contributed by atoms with van der Waals surface area (Å²) in [4.78, 5) is 4.25. The van der Waals surface area contributed by atoms with Crippen molar-refractivity contribution in [3.05, 3.63) is 18.2 Å². The summed E-state index contributed by atoms with van der Waals surface area (Å²) in [5, 5.41) is 3.48. The number of nitrogens with one attached hydrogen (secondary N) is 1. The molecule has 1 saturated carbocycles. The molecule has 1 fully saturated rings. The van der Waals surface area contributed by atoms with Crippen molar-refractivity contribution in [2.75, 3.05) is 6.54 Å². The maximum absolute atomic E-state index is 4.25. The Labute approximate surface area is 98.3 Å². The highest BCUT2D eigenvalue weighted by molar-refractivity contribution is 4.98. The van der Waals surface area contributed by atoms with Crippen LogP contribution in [0.2, 0.25) is 0 Å². The Bertz CT molecular complexity index is 313. The maximum atomic E-state index is 4.25. The summed E-state index contributed by atoms with van der Waals surface area (Å²) in [6.45, 7) is 7.66. The van der Waals surface area contributed by atoms with E-state index in [-0.39, 0.29) is 0 Å². The molecule has 0 aliphatic heterocycles. The Hall–Kier alpha value is -0.830. The average Bonchev–Trinajstić information content (AvgIpc) is 2.59. The molecule has 16 heavy (non-hydrogen) atoms. The average molecular weight is 221 g/mol. The molecule has 0 unspecified atom stereocenters. The first-order valence-corrected chi connectivity index (χ1v) is 6.45. The molecule has 0 saturated heterocycles. The standard InChI is InChI=1S/C13H23N3/c1-11(2)6-14-7-13-8-15-10-16(13)9-12-4-3-5-12/h8,10-12,14H,3-7,9H2,1-2H3. The minimum Gasteiger partial charge on any atom is -0.333 e. The first kappa shape index (κ1) is 11.6. The van der Waals surface area contributed by atoms with Crippen molar-refractivity contribution in [3.8, 4) is 0 Å². The molecule has 1 aliphatic carbocycles. The number of hydrogen-bond donors (Lipinski definition) is 1. The van der Waals surface area contributed by atoms with Crippen molar-refractivity contribution in [2.45, 2.75) is 46.2 Å². The third-order valence-corrected chi connectivity index (χ3v) is 3.34. The summed E-state index contributed by atoms with van der Waals surface area (Å²) in [7, 11) is 0. The molecule has 1 N–H and O–H groups in total. The van der Waals surface area contributed by atoms with Crippen LogP contribution in [0.5, 0.6) is 0 Å². The second-order valence-corrected chi connectivity index (χ2v) is 5.36. The maximum Gasteiger partial charge on any atom is 0.0948 e. The van der Waals surface area contributed by atoms with Crippen molar-refractivity contribution < 1.29 is 0 Å². The SMILES string of the molecule is CC(C)CNCc1cncn1CC1CCC1. The topological polar surface area (TPSA) is 29.9 Å². The van der Waals surface area contributed by atoms with E-state index in [1.165, 1.54) is 31.5 Å². The lowest BCUT2D eigenvalue weighted by Gasteiger charge is -2.26. The Morgan fingerprint density at radius 1 is 1.50 bits per heavy atom. The normalized spacial score (nSPS) is 16.7. The van der Waals surface area contributed by atoms with Crippen LogP contribution in [-0.2, 0) is 13.1 Å². The second kappa shape index (κ2) is 5.48. The van der Waals surface area contributed by atoms with Gasteiger partial charge in [-0.25, -0.2) is 4.98 Å². The highest BCUT2D eigenvalue weighted by atomic mass is 15.1. The molecule has 0 spiro atoms. The van der Waals surface area contributed by atoms with Crippen molar-refractivity contribution in [2.24, 2.45) is 11.8 Å². The van der Waals surface area contributed by atoms with Crippen molar-refractivity contribution in [1.82, 2.24) is 14.9 Å². The predicted octanol–water partition coefficient (Wildman–Crippen LogP) is 2.43. The molecule has 1 aromatic rings. The van der Waals surface area contributed by atoms with E-state index in [1.807, 2.05) is 12.5 Å². The summed E-state index contributed by atoms with van der Waals surface area (Å²) >= 11 is 0. The van der Waals surface area contributed by atoms with Gasteiger partial charge in [0.05, 0.1) is 12.0 Å². The highest BCUT2D eigenvalue weighted by Gasteiger charge is 2.18. The van der Waals surface area contributed by atoms with Crippen LogP contribution in [0.3, 0.4) is 0 Å².